The first-order chi connectivity index (χ1) is 10.0. The molecule has 6 nitrogen and oxygen atoms in total. The number of nitrogens with zero attached hydrogens (tertiary/aromatic N) is 3. The van der Waals surface area contributed by atoms with Crippen LogP contribution in [0.2, 0.25) is 0 Å². The normalized spacial score (nSPS) is 21.1. The van der Waals surface area contributed by atoms with Crippen molar-refractivity contribution in [3.8, 4) is 0 Å². The van der Waals surface area contributed by atoms with E-state index in [0.29, 0.717) is 6.54 Å². The minimum Gasteiger partial charge on any atom is -0.340 e. The molecule has 3 rings (SSSR count). The number of carbonyl (C=O) groups is 2. The SMILES string of the molecule is CCn1nc(C)cc1CN1CC(=O)NC2(CCCC2)C1=O. The van der Waals surface area contributed by atoms with E-state index in [1.165, 1.54) is 0 Å². The average molecular weight is 290 g/mol. The molecule has 6 heteroatoms. The molecule has 21 heavy (non-hydrogen) atoms. The van der Waals surface area contributed by atoms with Crippen LogP contribution >= 0.6 is 0 Å². The maximum atomic E-state index is 12.8. The summed E-state index contributed by atoms with van der Waals surface area (Å²) in [6.45, 7) is 5.34. The predicted molar refractivity (Wildman–Crippen MR) is 77.4 cm³/mol. The van der Waals surface area contributed by atoms with Crippen LogP contribution in [0.5, 0.6) is 0 Å². The average Bonchev–Trinajstić information content (AvgIpc) is 3.03. The monoisotopic (exact) mass is 290 g/mol. The zero-order chi connectivity index (χ0) is 15.0. The Labute approximate surface area is 124 Å². The van der Waals surface area contributed by atoms with Gasteiger partial charge in [0, 0.05) is 6.54 Å². The van der Waals surface area contributed by atoms with Gasteiger partial charge in [-0.05, 0) is 32.8 Å². The summed E-state index contributed by atoms with van der Waals surface area (Å²) in [5.41, 5.74) is 1.30. The van der Waals surface area contributed by atoms with Crippen molar-refractivity contribution >= 4 is 11.8 Å². The van der Waals surface area contributed by atoms with Crippen molar-refractivity contribution in [3.05, 3.63) is 17.5 Å². The largest absolute Gasteiger partial charge is 0.340 e. The van der Waals surface area contributed by atoms with Crippen LogP contribution < -0.4 is 5.32 Å². The zero-order valence-electron chi connectivity index (χ0n) is 12.7. The summed E-state index contributed by atoms with van der Waals surface area (Å²) in [6.07, 6.45) is 3.54. The molecule has 1 aliphatic carbocycles. The lowest BCUT2D eigenvalue weighted by atomic mass is 9.93. The van der Waals surface area contributed by atoms with E-state index >= 15 is 0 Å². The van der Waals surface area contributed by atoms with Gasteiger partial charge in [0.2, 0.25) is 11.8 Å². The van der Waals surface area contributed by atoms with Crippen molar-refractivity contribution in [2.75, 3.05) is 6.54 Å². The summed E-state index contributed by atoms with van der Waals surface area (Å²) in [5.74, 6) is 0.0249. The van der Waals surface area contributed by atoms with Crippen LogP contribution in [0.4, 0.5) is 0 Å². The molecule has 0 unspecified atom stereocenters. The van der Waals surface area contributed by atoms with Gasteiger partial charge in [0.1, 0.15) is 12.1 Å². The first kappa shape index (κ1) is 14.1. The van der Waals surface area contributed by atoms with Crippen molar-refractivity contribution in [3.63, 3.8) is 0 Å². The van der Waals surface area contributed by atoms with E-state index in [1.54, 1.807) is 4.90 Å². The van der Waals surface area contributed by atoms with Gasteiger partial charge in [0.05, 0.1) is 17.9 Å². The summed E-state index contributed by atoms with van der Waals surface area (Å²) in [6, 6.07) is 1.99. The van der Waals surface area contributed by atoms with Gasteiger partial charge in [0.15, 0.2) is 0 Å². The number of piperazine rings is 1. The Morgan fingerprint density at radius 2 is 2.05 bits per heavy atom. The molecular weight excluding hydrogens is 268 g/mol. The number of hydrogen-bond acceptors (Lipinski definition) is 3. The predicted octanol–water partition coefficient (Wildman–Crippen LogP) is 0.983. The molecule has 1 aromatic rings. The van der Waals surface area contributed by atoms with E-state index in [1.807, 2.05) is 24.6 Å². The summed E-state index contributed by atoms with van der Waals surface area (Å²) >= 11 is 0. The minimum atomic E-state index is -0.637. The molecule has 2 amide bonds. The van der Waals surface area contributed by atoms with Crippen molar-refractivity contribution in [1.82, 2.24) is 20.0 Å². The fourth-order valence-corrected chi connectivity index (χ4v) is 3.55. The van der Waals surface area contributed by atoms with Gasteiger partial charge in [-0.15, -0.1) is 0 Å². The summed E-state index contributed by atoms with van der Waals surface area (Å²) in [7, 11) is 0. The molecule has 2 fully saturated rings. The number of aryl methyl sites for hydroxylation is 2. The number of hydrogen-bond donors (Lipinski definition) is 1. The van der Waals surface area contributed by atoms with Crippen LogP contribution in [-0.4, -0.2) is 38.6 Å². The molecule has 1 spiro atoms. The van der Waals surface area contributed by atoms with Crippen LogP contribution in [-0.2, 0) is 22.7 Å². The molecular formula is C15H22N4O2. The number of nitrogens with one attached hydrogen (secondary N) is 1. The van der Waals surface area contributed by atoms with Crippen molar-refractivity contribution in [1.29, 1.82) is 0 Å². The second-order valence-electron chi connectivity index (χ2n) is 6.09. The highest BCUT2D eigenvalue weighted by Gasteiger charge is 2.48. The summed E-state index contributed by atoms with van der Waals surface area (Å²) < 4.78 is 1.90. The van der Waals surface area contributed by atoms with Gasteiger partial charge in [-0.3, -0.25) is 14.3 Å². The van der Waals surface area contributed by atoms with Crippen molar-refractivity contribution in [2.45, 2.75) is 58.2 Å². The van der Waals surface area contributed by atoms with E-state index in [0.717, 1.165) is 43.6 Å². The maximum absolute atomic E-state index is 12.8. The van der Waals surface area contributed by atoms with E-state index in [2.05, 4.69) is 10.4 Å². The third-order valence-corrected chi connectivity index (χ3v) is 4.50. The second-order valence-corrected chi connectivity index (χ2v) is 6.09. The van der Waals surface area contributed by atoms with Crippen LogP contribution in [0, 0.1) is 6.92 Å². The second kappa shape index (κ2) is 5.16. The fraction of sp³-hybridized carbons (Fsp3) is 0.667. The molecule has 1 aliphatic heterocycles. The van der Waals surface area contributed by atoms with E-state index < -0.39 is 5.54 Å². The molecule has 1 saturated carbocycles. The highest BCUT2D eigenvalue weighted by molar-refractivity contribution is 5.98. The lowest BCUT2D eigenvalue weighted by molar-refractivity contribution is -0.150. The lowest BCUT2D eigenvalue weighted by Gasteiger charge is -2.39. The Hall–Kier alpha value is -1.85. The molecule has 1 aromatic heterocycles. The first-order valence-electron chi connectivity index (χ1n) is 7.68. The van der Waals surface area contributed by atoms with Gasteiger partial charge in [0.25, 0.3) is 0 Å². The van der Waals surface area contributed by atoms with E-state index in [9.17, 15) is 9.59 Å². The van der Waals surface area contributed by atoms with E-state index in [4.69, 9.17) is 0 Å². The van der Waals surface area contributed by atoms with Crippen molar-refractivity contribution < 1.29 is 9.59 Å². The molecule has 2 aliphatic rings. The Balaban J connectivity index is 1.83. The van der Waals surface area contributed by atoms with Crippen molar-refractivity contribution in [2.24, 2.45) is 0 Å². The maximum Gasteiger partial charge on any atom is 0.249 e. The standard InChI is InChI=1S/C15H22N4O2/c1-3-19-12(8-11(2)17-19)9-18-10-13(20)16-15(14(18)21)6-4-5-7-15/h8H,3-7,9-10H2,1-2H3,(H,16,20). The molecule has 0 aromatic carbocycles. The van der Waals surface area contributed by atoms with Gasteiger partial charge in [-0.1, -0.05) is 12.8 Å². The van der Waals surface area contributed by atoms with Gasteiger partial charge in [-0.25, -0.2) is 0 Å². The summed E-state index contributed by atoms with van der Waals surface area (Å²) in [4.78, 5) is 26.5. The lowest BCUT2D eigenvalue weighted by Crippen LogP contribution is -2.65. The topological polar surface area (TPSA) is 67.2 Å². The zero-order valence-corrected chi connectivity index (χ0v) is 12.7. The number of amides is 2. The number of rotatable bonds is 3. The van der Waals surface area contributed by atoms with Crippen LogP contribution in [0.25, 0.3) is 0 Å². The van der Waals surface area contributed by atoms with E-state index in [-0.39, 0.29) is 18.4 Å². The fourth-order valence-electron chi connectivity index (χ4n) is 3.55. The Bertz CT molecular complexity index is 572. The molecule has 1 saturated heterocycles. The minimum absolute atomic E-state index is 0.0456. The Morgan fingerprint density at radius 1 is 1.33 bits per heavy atom. The molecule has 0 bridgehead atoms. The molecule has 2 heterocycles. The Morgan fingerprint density at radius 3 is 2.71 bits per heavy atom. The molecule has 114 valence electrons. The third kappa shape index (κ3) is 2.43. The molecule has 0 atom stereocenters. The highest BCUT2D eigenvalue weighted by atomic mass is 16.2. The molecule has 1 N–H and O–H groups in total. The van der Waals surface area contributed by atoms with Crippen LogP contribution in [0.15, 0.2) is 6.07 Å². The third-order valence-electron chi connectivity index (χ3n) is 4.50. The van der Waals surface area contributed by atoms with Gasteiger partial charge in [-0.2, -0.15) is 5.10 Å². The highest BCUT2D eigenvalue weighted by Crippen LogP contribution is 2.33. The summed E-state index contributed by atoms with van der Waals surface area (Å²) in [5, 5.41) is 7.34. The quantitative estimate of drug-likeness (QED) is 0.902. The first-order valence-corrected chi connectivity index (χ1v) is 7.68. The van der Waals surface area contributed by atoms with Gasteiger partial charge >= 0.3 is 0 Å². The van der Waals surface area contributed by atoms with Gasteiger partial charge < -0.3 is 10.2 Å². The number of aromatic nitrogens is 2. The Kier molecular flexibility index (Phi) is 3.47. The number of carbonyl (C=O) groups excluding carboxylic acids is 2. The smallest absolute Gasteiger partial charge is 0.249 e. The molecule has 0 radical (unpaired) electrons. The van der Waals surface area contributed by atoms with Crippen LogP contribution in [0.3, 0.4) is 0 Å². The van der Waals surface area contributed by atoms with Crippen LogP contribution in [0.1, 0.15) is 44.0 Å².